The quantitative estimate of drug-likeness (QED) is 0.526. The van der Waals surface area contributed by atoms with Gasteiger partial charge in [0.15, 0.2) is 0 Å². The highest BCUT2D eigenvalue weighted by molar-refractivity contribution is 7.91. The number of ether oxygens (including phenoxy) is 2. The molecule has 0 saturated heterocycles. The minimum Gasteiger partial charge on any atom is -0.497 e. The summed E-state index contributed by atoms with van der Waals surface area (Å²) in [7, 11) is -2.30. The van der Waals surface area contributed by atoms with E-state index in [4.69, 9.17) is 9.47 Å². The smallest absolute Gasteiger partial charge is 0.225 e. The van der Waals surface area contributed by atoms with Crippen LogP contribution in [0.25, 0.3) is 0 Å². The van der Waals surface area contributed by atoms with Crippen LogP contribution in [0.4, 0.5) is 5.69 Å². The van der Waals surface area contributed by atoms with Gasteiger partial charge in [0.05, 0.1) is 17.7 Å². The number of amides is 1. The first-order valence-corrected chi connectivity index (χ1v) is 11.9. The zero-order valence-corrected chi connectivity index (χ0v) is 18.5. The lowest BCUT2D eigenvalue weighted by Gasteiger charge is -2.25. The fourth-order valence-electron chi connectivity index (χ4n) is 3.58. The number of nitrogens with one attached hydrogen (secondary N) is 1. The zero-order chi connectivity index (χ0) is 22.0. The summed E-state index contributed by atoms with van der Waals surface area (Å²) in [6, 6.07) is 13.7. The molecule has 2 heterocycles. The van der Waals surface area contributed by atoms with Crippen LogP contribution in [0.2, 0.25) is 0 Å². The molecule has 160 valence electrons. The minimum absolute atomic E-state index is 0.0974. The van der Waals surface area contributed by atoms with Gasteiger partial charge in [-0.25, -0.2) is 8.42 Å². The number of sulfone groups is 1. The Balaban J connectivity index is 1.78. The molecule has 1 atom stereocenters. The van der Waals surface area contributed by atoms with Crippen LogP contribution in [0, 0.1) is 0 Å². The van der Waals surface area contributed by atoms with E-state index in [1.165, 1.54) is 30.6 Å². The van der Waals surface area contributed by atoms with Crippen molar-refractivity contribution < 1.29 is 22.7 Å². The summed E-state index contributed by atoms with van der Waals surface area (Å²) in [4.78, 5) is 13.6. The van der Waals surface area contributed by atoms with Crippen molar-refractivity contribution >= 4 is 32.8 Å². The average molecular weight is 456 g/mol. The third kappa shape index (κ3) is 3.96. The average Bonchev–Trinajstić information content (AvgIpc) is 3.22. The van der Waals surface area contributed by atoms with E-state index in [9.17, 15) is 13.2 Å². The molecule has 1 amide bonds. The van der Waals surface area contributed by atoms with Gasteiger partial charge < -0.3 is 14.8 Å². The zero-order valence-electron chi connectivity index (χ0n) is 16.8. The first-order valence-electron chi connectivity index (χ1n) is 9.58. The molecule has 2 aromatic carbocycles. The predicted molar refractivity (Wildman–Crippen MR) is 120 cm³/mol. The maximum atomic E-state index is 13.3. The molecule has 1 aliphatic rings. The molecule has 0 saturated carbocycles. The number of thiophene rings is 1. The third-order valence-corrected chi connectivity index (χ3v) is 8.11. The maximum Gasteiger partial charge on any atom is 0.225 e. The second-order valence-electron chi connectivity index (χ2n) is 6.96. The Morgan fingerprint density at radius 1 is 1.19 bits per heavy atom. The van der Waals surface area contributed by atoms with Crippen LogP contribution in [0.5, 0.6) is 11.5 Å². The highest BCUT2D eigenvalue weighted by Gasteiger charge is 2.35. The molecular formula is C23H21NO5S2. The molecule has 8 heteroatoms. The summed E-state index contributed by atoms with van der Waals surface area (Å²) in [6.45, 7) is 4.01. The van der Waals surface area contributed by atoms with Gasteiger partial charge in [0.25, 0.3) is 0 Å². The van der Waals surface area contributed by atoms with Gasteiger partial charge >= 0.3 is 0 Å². The largest absolute Gasteiger partial charge is 0.497 e. The molecule has 0 fully saturated rings. The Hall–Kier alpha value is -3.10. The van der Waals surface area contributed by atoms with Crippen LogP contribution in [0.3, 0.4) is 0 Å². The van der Waals surface area contributed by atoms with Gasteiger partial charge in [-0.3, -0.25) is 4.79 Å². The van der Waals surface area contributed by atoms with E-state index in [-0.39, 0.29) is 28.0 Å². The van der Waals surface area contributed by atoms with Crippen molar-refractivity contribution in [2.75, 3.05) is 19.0 Å². The lowest BCUT2D eigenvalue weighted by Crippen LogP contribution is -2.23. The molecule has 0 bridgehead atoms. The number of benzene rings is 2. The number of hydrogen-bond donors (Lipinski definition) is 1. The number of rotatable bonds is 7. The number of anilines is 1. The minimum atomic E-state index is -3.82. The van der Waals surface area contributed by atoms with Crippen LogP contribution in [-0.2, 0) is 14.6 Å². The standard InChI is InChI=1S/C23H21NO5S2/c1-3-12-29-19-7-5-4-6-17(19)18-13-21(25)24-22-20(14-30-23(18)22)31(26,27)16-10-8-15(28-2)9-11-16/h3-11,14,18H,1,12-13H2,2H3,(H,24,25). The maximum absolute atomic E-state index is 13.3. The van der Waals surface area contributed by atoms with Gasteiger partial charge in [0.1, 0.15) is 23.0 Å². The van der Waals surface area contributed by atoms with E-state index in [2.05, 4.69) is 11.9 Å². The van der Waals surface area contributed by atoms with Crippen molar-refractivity contribution in [3.8, 4) is 11.5 Å². The lowest BCUT2D eigenvalue weighted by atomic mass is 9.90. The molecule has 4 rings (SSSR count). The van der Waals surface area contributed by atoms with Crippen LogP contribution < -0.4 is 14.8 Å². The van der Waals surface area contributed by atoms with Gasteiger partial charge in [0, 0.05) is 28.2 Å². The molecule has 1 aromatic heterocycles. The molecule has 0 spiro atoms. The number of carbonyl (C=O) groups excluding carboxylic acids is 1. The first-order chi connectivity index (χ1) is 15.0. The van der Waals surface area contributed by atoms with Gasteiger partial charge in [-0.15, -0.1) is 11.3 Å². The normalized spacial score (nSPS) is 15.6. The number of carbonyl (C=O) groups is 1. The Labute approximate surface area is 185 Å². The van der Waals surface area contributed by atoms with Gasteiger partial charge in [0.2, 0.25) is 15.7 Å². The van der Waals surface area contributed by atoms with Crippen LogP contribution >= 0.6 is 11.3 Å². The second kappa shape index (κ2) is 8.56. The van der Waals surface area contributed by atoms with E-state index in [1.54, 1.807) is 23.6 Å². The lowest BCUT2D eigenvalue weighted by molar-refractivity contribution is -0.116. The molecule has 0 radical (unpaired) electrons. The van der Waals surface area contributed by atoms with Crippen molar-refractivity contribution in [1.82, 2.24) is 0 Å². The molecule has 6 nitrogen and oxygen atoms in total. The number of fused-ring (bicyclic) bond motifs is 1. The van der Waals surface area contributed by atoms with Crippen molar-refractivity contribution in [2.45, 2.75) is 22.1 Å². The van der Waals surface area contributed by atoms with Crippen LogP contribution in [0.15, 0.2) is 76.4 Å². The van der Waals surface area contributed by atoms with E-state index in [1.807, 2.05) is 24.3 Å². The monoisotopic (exact) mass is 455 g/mol. The highest BCUT2D eigenvalue weighted by Crippen LogP contribution is 2.47. The van der Waals surface area contributed by atoms with Gasteiger partial charge in [-0.05, 0) is 30.3 Å². The Morgan fingerprint density at radius 3 is 2.65 bits per heavy atom. The van der Waals surface area contributed by atoms with E-state index in [0.29, 0.717) is 23.8 Å². The first kappa shape index (κ1) is 21.1. The summed E-state index contributed by atoms with van der Waals surface area (Å²) in [5, 5.41) is 4.37. The Morgan fingerprint density at radius 2 is 1.94 bits per heavy atom. The fourth-order valence-corrected chi connectivity index (χ4v) is 6.48. The molecule has 31 heavy (non-hydrogen) atoms. The molecule has 1 unspecified atom stereocenters. The summed E-state index contributed by atoms with van der Waals surface area (Å²) >= 11 is 1.32. The van der Waals surface area contributed by atoms with Crippen molar-refractivity contribution in [2.24, 2.45) is 0 Å². The third-order valence-electron chi connectivity index (χ3n) is 5.07. The molecule has 1 aliphatic heterocycles. The number of hydrogen-bond acceptors (Lipinski definition) is 6. The van der Waals surface area contributed by atoms with Crippen molar-refractivity contribution in [3.05, 3.63) is 77.0 Å². The number of para-hydroxylation sites is 1. The van der Waals surface area contributed by atoms with Gasteiger partial charge in [-0.2, -0.15) is 0 Å². The van der Waals surface area contributed by atoms with E-state index < -0.39 is 9.84 Å². The molecular weight excluding hydrogens is 434 g/mol. The topological polar surface area (TPSA) is 81.7 Å². The summed E-state index contributed by atoms with van der Waals surface area (Å²) in [5.41, 5.74) is 1.19. The van der Waals surface area contributed by atoms with Crippen LogP contribution in [-0.4, -0.2) is 28.0 Å². The molecule has 0 aliphatic carbocycles. The summed E-state index contributed by atoms with van der Waals surface area (Å²) < 4.78 is 37.5. The number of methoxy groups -OCH3 is 1. The van der Waals surface area contributed by atoms with Crippen molar-refractivity contribution in [1.29, 1.82) is 0 Å². The van der Waals surface area contributed by atoms with Crippen molar-refractivity contribution in [3.63, 3.8) is 0 Å². The Bertz CT molecular complexity index is 1230. The van der Waals surface area contributed by atoms with E-state index >= 15 is 0 Å². The second-order valence-corrected chi connectivity index (χ2v) is 9.79. The van der Waals surface area contributed by atoms with Crippen LogP contribution in [0.1, 0.15) is 22.8 Å². The highest BCUT2D eigenvalue weighted by atomic mass is 32.2. The van der Waals surface area contributed by atoms with E-state index in [0.717, 1.165) is 10.4 Å². The van der Waals surface area contributed by atoms with Gasteiger partial charge in [-0.1, -0.05) is 30.9 Å². The fraction of sp³-hybridized carbons (Fsp3) is 0.174. The molecule has 3 aromatic rings. The predicted octanol–water partition coefficient (Wildman–Crippen LogP) is 4.63. The summed E-state index contributed by atoms with van der Waals surface area (Å²) in [6.07, 6.45) is 1.87. The summed E-state index contributed by atoms with van der Waals surface area (Å²) in [5.74, 6) is 0.687. The molecule has 1 N–H and O–H groups in total. The Kier molecular flexibility index (Phi) is 5.84. The SMILES string of the molecule is C=CCOc1ccccc1C1CC(=O)Nc2c(S(=O)(=O)c3ccc(OC)cc3)csc21.